The van der Waals surface area contributed by atoms with Crippen LogP contribution in [-0.4, -0.2) is 43.8 Å². The number of aryl methyl sites for hydroxylation is 1. The predicted octanol–water partition coefficient (Wildman–Crippen LogP) is 4.41. The molecular weight excluding hydrogens is 382 g/mol. The van der Waals surface area contributed by atoms with E-state index in [-0.39, 0.29) is 5.91 Å². The Morgan fingerprint density at radius 1 is 1.14 bits per heavy atom. The summed E-state index contributed by atoms with van der Waals surface area (Å²) in [6.45, 7) is 3.41. The van der Waals surface area contributed by atoms with Crippen LogP contribution in [0, 0.1) is 6.92 Å². The number of para-hydroxylation sites is 1. The molecule has 7 heteroatoms. The molecule has 5 rings (SSSR count). The van der Waals surface area contributed by atoms with E-state index >= 15 is 0 Å². The third kappa shape index (κ3) is 3.31. The van der Waals surface area contributed by atoms with Crippen LogP contribution in [0.2, 0.25) is 0 Å². The lowest BCUT2D eigenvalue weighted by molar-refractivity contribution is 0.0717. The number of hydrogen-bond acceptors (Lipinski definition) is 5. The Morgan fingerprint density at radius 3 is 2.69 bits per heavy atom. The lowest BCUT2D eigenvalue weighted by Gasteiger charge is -2.31. The molecule has 0 saturated carbocycles. The molecule has 6 nitrogen and oxygen atoms in total. The van der Waals surface area contributed by atoms with Crippen molar-refractivity contribution in [1.82, 2.24) is 24.8 Å². The number of rotatable bonds is 3. The van der Waals surface area contributed by atoms with Gasteiger partial charge < -0.3 is 9.88 Å². The van der Waals surface area contributed by atoms with Gasteiger partial charge in [0.1, 0.15) is 4.88 Å². The minimum Gasteiger partial charge on any atom is -0.361 e. The molecular formula is C22H21N5OS. The summed E-state index contributed by atoms with van der Waals surface area (Å²) in [5.74, 6) is 1.11. The second-order valence-electron chi connectivity index (χ2n) is 7.36. The van der Waals surface area contributed by atoms with Gasteiger partial charge in [0.15, 0.2) is 10.8 Å². The van der Waals surface area contributed by atoms with Gasteiger partial charge >= 0.3 is 0 Å². The number of H-pyrrole nitrogens is 1. The molecule has 0 spiro atoms. The Morgan fingerprint density at radius 2 is 1.90 bits per heavy atom. The van der Waals surface area contributed by atoms with Gasteiger partial charge in [0.05, 0.1) is 5.69 Å². The fourth-order valence-electron chi connectivity index (χ4n) is 4.07. The van der Waals surface area contributed by atoms with Gasteiger partial charge in [0.25, 0.3) is 5.91 Å². The maximum Gasteiger partial charge on any atom is 0.265 e. The number of nitrogens with one attached hydrogen (secondary N) is 1. The molecule has 1 N–H and O–H groups in total. The Balaban J connectivity index is 1.31. The van der Waals surface area contributed by atoms with Crippen molar-refractivity contribution >= 4 is 28.1 Å². The number of carbonyl (C=O) groups is 1. The number of nitrogens with zero attached hydrogens (tertiary/aromatic N) is 4. The Hall–Kier alpha value is -3.06. The summed E-state index contributed by atoms with van der Waals surface area (Å²) >= 11 is 1.38. The molecule has 3 aromatic heterocycles. The van der Waals surface area contributed by atoms with E-state index in [9.17, 15) is 4.79 Å². The molecule has 1 fully saturated rings. The second-order valence-corrected chi connectivity index (χ2v) is 8.36. The number of carbonyl (C=O) groups excluding carboxylic acids is 1. The number of thiazole rings is 1. The van der Waals surface area contributed by atoms with Crippen LogP contribution in [0.4, 0.5) is 0 Å². The normalized spacial score (nSPS) is 15.1. The molecule has 1 amide bonds. The number of benzene rings is 1. The average Bonchev–Trinajstić information content (AvgIpc) is 3.38. The van der Waals surface area contributed by atoms with Gasteiger partial charge in [0.2, 0.25) is 0 Å². The summed E-state index contributed by atoms with van der Waals surface area (Å²) in [5.41, 5.74) is 3.29. The van der Waals surface area contributed by atoms with Crippen LogP contribution in [-0.2, 0) is 0 Å². The number of piperidine rings is 1. The van der Waals surface area contributed by atoms with E-state index in [1.165, 1.54) is 27.8 Å². The summed E-state index contributed by atoms with van der Waals surface area (Å²) in [6, 6.07) is 10.2. The maximum absolute atomic E-state index is 13.1. The van der Waals surface area contributed by atoms with E-state index in [1.807, 2.05) is 11.8 Å². The van der Waals surface area contributed by atoms with Gasteiger partial charge in [-0.3, -0.25) is 4.79 Å². The van der Waals surface area contributed by atoms with Crippen LogP contribution in [0.3, 0.4) is 0 Å². The fourth-order valence-corrected chi connectivity index (χ4v) is 5.05. The molecule has 1 aliphatic heterocycles. The molecule has 1 aliphatic rings. The maximum atomic E-state index is 13.1. The van der Waals surface area contributed by atoms with Crippen LogP contribution in [0.5, 0.6) is 0 Å². The van der Waals surface area contributed by atoms with E-state index in [0.717, 1.165) is 31.6 Å². The molecule has 146 valence electrons. The quantitative estimate of drug-likeness (QED) is 0.550. The van der Waals surface area contributed by atoms with Gasteiger partial charge in [0, 0.05) is 42.6 Å². The Kier molecular flexibility index (Phi) is 4.60. The first-order valence-corrected chi connectivity index (χ1v) is 10.6. The number of amides is 1. The van der Waals surface area contributed by atoms with E-state index < -0.39 is 0 Å². The standard InChI is InChI=1S/C22H21N5OS/c1-14-19(29-21(26-14)20-23-9-4-10-24-20)22(28)27-11-7-15(8-12-27)17-13-25-18-6-3-2-5-16(17)18/h2-6,9-10,13,15,25H,7-8,11-12H2,1H3. The van der Waals surface area contributed by atoms with Crippen LogP contribution >= 0.6 is 11.3 Å². The Bertz CT molecular complexity index is 1160. The minimum atomic E-state index is 0.0690. The van der Waals surface area contributed by atoms with Crippen LogP contribution in [0.25, 0.3) is 21.7 Å². The molecule has 0 atom stereocenters. The van der Waals surface area contributed by atoms with Crippen LogP contribution < -0.4 is 0 Å². The van der Waals surface area contributed by atoms with Crippen molar-refractivity contribution in [2.24, 2.45) is 0 Å². The highest BCUT2D eigenvalue weighted by atomic mass is 32.1. The van der Waals surface area contributed by atoms with Crippen LogP contribution in [0.15, 0.2) is 48.9 Å². The summed E-state index contributed by atoms with van der Waals surface area (Å²) in [6.07, 6.45) is 7.46. The number of hydrogen-bond donors (Lipinski definition) is 1. The first-order valence-electron chi connectivity index (χ1n) is 9.81. The second kappa shape index (κ2) is 7.40. The van der Waals surface area contributed by atoms with Crippen molar-refractivity contribution in [3.63, 3.8) is 0 Å². The molecule has 29 heavy (non-hydrogen) atoms. The van der Waals surface area contributed by atoms with Crippen molar-refractivity contribution < 1.29 is 4.79 Å². The van der Waals surface area contributed by atoms with E-state index in [1.54, 1.807) is 18.5 Å². The van der Waals surface area contributed by atoms with Gasteiger partial charge in [-0.15, -0.1) is 11.3 Å². The number of fused-ring (bicyclic) bond motifs is 1. The molecule has 1 aromatic carbocycles. The minimum absolute atomic E-state index is 0.0690. The smallest absolute Gasteiger partial charge is 0.265 e. The number of likely N-dealkylation sites (tertiary alicyclic amines) is 1. The molecule has 0 unspecified atom stereocenters. The highest BCUT2D eigenvalue weighted by molar-refractivity contribution is 7.17. The van der Waals surface area contributed by atoms with Crippen molar-refractivity contribution in [1.29, 1.82) is 0 Å². The van der Waals surface area contributed by atoms with E-state index in [4.69, 9.17) is 0 Å². The zero-order chi connectivity index (χ0) is 19.8. The van der Waals surface area contributed by atoms with Gasteiger partial charge in [-0.25, -0.2) is 15.0 Å². The molecule has 4 heterocycles. The van der Waals surface area contributed by atoms with E-state index in [2.05, 4.69) is 50.4 Å². The molecule has 1 saturated heterocycles. The molecule has 4 aromatic rings. The first kappa shape index (κ1) is 18.0. The molecule has 0 bridgehead atoms. The third-order valence-corrected chi connectivity index (χ3v) is 6.73. The molecule has 0 radical (unpaired) electrons. The van der Waals surface area contributed by atoms with Crippen molar-refractivity contribution in [2.45, 2.75) is 25.7 Å². The summed E-state index contributed by atoms with van der Waals surface area (Å²) in [4.78, 5) is 32.2. The van der Waals surface area contributed by atoms with Gasteiger partial charge in [-0.2, -0.15) is 0 Å². The lowest BCUT2D eigenvalue weighted by atomic mass is 9.89. The highest BCUT2D eigenvalue weighted by Gasteiger charge is 2.28. The van der Waals surface area contributed by atoms with Crippen molar-refractivity contribution in [2.75, 3.05) is 13.1 Å². The van der Waals surface area contributed by atoms with Crippen molar-refractivity contribution in [3.05, 3.63) is 65.1 Å². The zero-order valence-corrected chi connectivity index (χ0v) is 16.9. The van der Waals surface area contributed by atoms with Gasteiger partial charge in [-0.05, 0) is 43.4 Å². The summed E-state index contributed by atoms with van der Waals surface area (Å²) in [7, 11) is 0. The number of aromatic nitrogens is 4. The highest BCUT2D eigenvalue weighted by Crippen LogP contribution is 2.34. The van der Waals surface area contributed by atoms with Gasteiger partial charge in [-0.1, -0.05) is 18.2 Å². The van der Waals surface area contributed by atoms with E-state index in [0.29, 0.717) is 21.6 Å². The van der Waals surface area contributed by atoms with Crippen LogP contribution in [0.1, 0.15) is 39.7 Å². The predicted molar refractivity (Wildman–Crippen MR) is 114 cm³/mol. The topological polar surface area (TPSA) is 74.8 Å². The summed E-state index contributed by atoms with van der Waals surface area (Å²) in [5, 5.41) is 1.99. The zero-order valence-electron chi connectivity index (χ0n) is 16.1. The summed E-state index contributed by atoms with van der Waals surface area (Å²) < 4.78 is 0. The SMILES string of the molecule is Cc1nc(-c2ncccn2)sc1C(=O)N1CCC(c2c[nH]c3ccccc23)CC1. The average molecular weight is 404 g/mol. The fraction of sp³-hybridized carbons (Fsp3) is 0.273. The monoisotopic (exact) mass is 403 g/mol. The Labute approximate surface area is 172 Å². The first-order chi connectivity index (χ1) is 14.2. The van der Waals surface area contributed by atoms with Crippen molar-refractivity contribution in [3.8, 4) is 10.8 Å². The number of aromatic amines is 1. The largest absolute Gasteiger partial charge is 0.361 e. The third-order valence-electron chi connectivity index (χ3n) is 5.59. The molecule has 0 aliphatic carbocycles. The lowest BCUT2D eigenvalue weighted by Crippen LogP contribution is -2.37.